The molecule has 0 aromatic heterocycles. The maximum atomic E-state index is 11.0. The van der Waals surface area contributed by atoms with Gasteiger partial charge in [-0.15, -0.1) is 0 Å². The molecule has 0 aliphatic rings. The first-order chi connectivity index (χ1) is 6.91. The Balaban J connectivity index is 3.62. The van der Waals surface area contributed by atoms with Crippen LogP contribution in [0.4, 0.5) is 0 Å². The molecule has 86 valence electrons. The molecular formula is C8H15N3O4. The van der Waals surface area contributed by atoms with Crippen LogP contribution in [0.1, 0.15) is 13.3 Å². The van der Waals surface area contributed by atoms with Gasteiger partial charge in [0.05, 0.1) is 6.54 Å². The Bertz CT molecular complexity index is 252. The molecule has 0 rings (SSSR count). The monoisotopic (exact) mass is 217 g/mol. The molecule has 1 atom stereocenters. The highest BCUT2D eigenvalue weighted by Gasteiger charge is 2.07. The fourth-order valence-corrected chi connectivity index (χ4v) is 0.780. The van der Waals surface area contributed by atoms with Gasteiger partial charge in [-0.1, -0.05) is 0 Å². The molecule has 0 aliphatic carbocycles. The number of carbonyl (C=O) groups is 3. The molecule has 0 aliphatic heterocycles. The summed E-state index contributed by atoms with van der Waals surface area (Å²) in [4.78, 5) is 32.0. The molecule has 7 heteroatoms. The fraction of sp³-hybridized carbons (Fsp3) is 0.625. The van der Waals surface area contributed by atoms with Gasteiger partial charge in [0.1, 0.15) is 6.54 Å². The van der Waals surface area contributed by atoms with E-state index in [-0.39, 0.29) is 24.9 Å². The van der Waals surface area contributed by atoms with Crippen LogP contribution in [-0.4, -0.2) is 42.0 Å². The van der Waals surface area contributed by atoms with Crippen LogP contribution < -0.4 is 16.4 Å². The molecule has 0 spiro atoms. The standard InChI is InChI=1S/C8H15N3O4/c1-5(9)2-6(12)10-3-7(13)11-4-8(14)15/h5H,2-4,9H2,1H3,(H,10,12)(H,11,13)(H,14,15). The first-order valence-electron chi connectivity index (χ1n) is 4.42. The zero-order valence-electron chi connectivity index (χ0n) is 8.45. The van der Waals surface area contributed by atoms with E-state index in [2.05, 4.69) is 10.6 Å². The topological polar surface area (TPSA) is 122 Å². The first kappa shape index (κ1) is 13.4. The highest BCUT2D eigenvalue weighted by Crippen LogP contribution is 1.84. The van der Waals surface area contributed by atoms with Crippen LogP contribution in [0.25, 0.3) is 0 Å². The highest BCUT2D eigenvalue weighted by molar-refractivity contribution is 5.86. The maximum Gasteiger partial charge on any atom is 0.322 e. The number of carboxylic acids is 1. The summed E-state index contributed by atoms with van der Waals surface area (Å²) < 4.78 is 0. The Morgan fingerprint density at radius 2 is 1.73 bits per heavy atom. The van der Waals surface area contributed by atoms with E-state index < -0.39 is 18.4 Å². The lowest BCUT2D eigenvalue weighted by molar-refractivity contribution is -0.137. The number of nitrogens with two attached hydrogens (primary N) is 1. The van der Waals surface area contributed by atoms with Crippen molar-refractivity contribution in [1.29, 1.82) is 0 Å². The number of hydrogen-bond acceptors (Lipinski definition) is 4. The minimum Gasteiger partial charge on any atom is -0.480 e. The van der Waals surface area contributed by atoms with Crippen LogP contribution in [0.2, 0.25) is 0 Å². The summed E-state index contributed by atoms with van der Waals surface area (Å²) in [5, 5.41) is 12.7. The largest absolute Gasteiger partial charge is 0.480 e. The maximum absolute atomic E-state index is 11.0. The van der Waals surface area contributed by atoms with Gasteiger partial charge in [-0.2, -0.15) is 0 Å². The molecule has 0 fully saturated rings. The average molecular weight is 217 g/mol. The summed E-state index contributed by atoms with van der Waals surface area (Å²) in [6.07, 6.45) is 0.131. The second-order valence-electron chi connectivity index (χ2n) is 3.13. The Labute approximate surface area is 87.0 Å². The normalized spacial score (nSPS) is 11.6. The second-order valence-corrected chi connectivity index (χ2v) is 3.13. The van der Waals surface area contributed by atoms with E-state index in [1.54, 1.807) is 6.92 Å². The molecule has 0 heterocycles. The predicted molar refractivity (Wildman–Crippen MR) is 51.9 cm³/mol. The molecular weight excluding hydrogens is 202 g/mol. The van der Waals surface area contributed by atoms with Crippen LogP contribution >= 0.6 is 0 Å². The third kappa shape index (κ3) is 8.69. The molecule has 5 N–H and O–H groups in total. The van der Waals surface area contributed by atoms with Gasteiger partial charge in [0.15, 0.2) is 0 Å². The summed E-state index contributed by atoms with van der Waals surface area (Å²) in [5.41, 5.74) is 5.36. The van der Waals surface area contributed by atoms with Crippen LogP contribution in [-0.2, 0) is 14.4 Å². The molecule has 0 aromatic rings. The van der Waals surface area contributed by atoms with Crippen molar-refractivity contribution in [2.75, 3.05) is 13.1 Å². The second kappa shape index (κ2) is 6.77. The highest BCUT2D eigenvalue weighted by atomic mass is 16.4. The predicted octanol–water partition coefficient (Wildman–Crippen LogP) is -1.96. The van der Waals surface area contributed by atoms with Crippen molar-refractivity contribution in [2.45, 2.75) is 19.4 Å². The van der Waals surface area contributed by atoms with E-state index >= 15 is 0 Å². The average Bonchev–Trinajstić information content (AvgIpc) is 2.10. The number of aliphatic carboxylic acids is 1. The number of hydrogen-bond donors (Lipinski definition) is 4. The van der Waals surface area contributed by atoms with Crippen molar-refractivity contribution in [3.8, 4) is 0 Å². The molecule has 7 nitrogen and oxygen atoms in total. The number of nitrogens with one attached hydrogen (secondary N) is 2. The third-order valence-corrected chi connectivity index (χ3v) is 1.39. The molecule has 0 bridgehead atoms. The van der Waals surface area contributed by atoms with Crippen LogP contribution in [0.3, 0.4) is 0 Å². The zero-order valence-corrected chi connectivity index (χ0v) is 8.45. The number of amides is 2. The first-order valence-corrected chi connectivity index (χ1v) is 4.42. The van der Waals surface area contributed by atoms with E-state index in [4.69, 9.17) is 10.8 Å². The third-order valence-electron chi connectivity index (χ3n) is 1.39. The summed E-state index contributed by atoms with van der Waals surface area (Å²) in [6.45, 7) is 0.977. The Morgan fingerprint density at radius 1 is 1.20 bits per heavy atom. The van der Waals surface area contributed by atoms with Crippen LogP contribution in [0.5, 0.6) is 0 Å². The van der Waals surface area contributed by atoms with Crippen LogP contribution in [0, 0.1) is 0 Å². The summed E-state index contributed by atoms with van der Waals surface area (Å²) in [7, 11) is 0. The Hall–Kier alpha value is -1.63. The van der Waals surface area contributed by atoms with E-state index in [1.807, 2.05) is 0 Å². The van der Waals surface area contributed by atoms with Gasteiger partial charge in [-0.05, 0) is 6.92 Å². The van der Waals surface area contributed by atoms with E-state index in [0.717, 1.165) is 0 Å². The van der Waals surface area contributed by atoms with Crippen molar-refractivity contribution in [1.82, 2.24) is 10.6 Å². The minimum absolute atomic E-state index is 0.131. The van der Waals surface area contributed by atoms with Gasteiger partial charge in [0.25, 0.3) is 0 Å². The van der Waals surface area contributed by atoms with E-state index in [1.165, 1.54) is 0 Å². The van der Waals surface area contributed by atoms with Crippen molar-refractivity contribution in [2.24, 2.45) is 5.73 Å². The zero-order chi connectivity index (χ0) is 11.8. The van der Waals surface area contributed by atoms with Gasteiger partial charge in [0, 0.05) is 12.5 Å². The summed E-state index contributed by atoms with van der Waals surface area (Å²) in [6, 6.07) is -0.271. The fourth-order valence-electron chi connectivity index (χ4n) is 0.780. The lowest BCUT2D eigenvalue weighted by Gasteiger charge is -2.06. The Morgan fingerprint density at radius 3 is 2.20 bits per heavy atom. The minimum atomic E-state index is -1.13. The van der Waals surface area contributed by atoms with Gasteiger partial charge in [0.2, 0.25) is 11.8 Å². The van der Waals surface area contributed by atoms with Gasteiger partial charge >= 0.3 is 5.97 Å². The van der Waals surface area contributed by atoms with Crippen molar-refractivity contribution >= 4 is 17.8 Å². The Kier molecular flexibility index (Phi) is 6.03. The SMILES string of the molecule is CC(N)CC(=O)NCC(=O)NCC(=O)O. The number of rotatable bonds is 6. The van der Waals surface area contributed by atoms with Crippen molar-refractivity contribution < 1.29 is 19.5 Å². The molecule has 0 radical (unpaired) electrons. The van der Waals surface area contributed by atoms with E-state index in [0.29, 0.717) is 0 Å². The van der Waals surface area contributed by atoms with Crippen molar-refractivity contribution in [3.63, 3.8) is 0 Å². The van der Waals surface area contributed by atoms with Crippen LogP contribution in [0.15, 0.2) is 0 Å². The molecule has 0 saturated carbocycles. The number of carboxylic acid groups (broad SMARTS) is 1. The van der Waals surface area contributed by atoms with Crippen molar-refractivity contribution in [3.05, 3.63) is 0 Å². The van der Waals surface area contributed by atoms with E-state index in [9.17, 15) is 14.4 Å². The molecule has 15 heavy (non-hydrogen) atoms. The molecule has 2 amide bonds. The summed E-state index contributed by atoms with van der Waals surface area (Å²) in [5.74, 6) is -2.02. The lowest BCUT2D eigenvalue weighted by atomic mass is 10.2. The molecule has 0 saturated heterocycles. The van der Waals surface area contributed by atoms with Gasteiger partial charge in [-0.25, -0.2) is 0 Å². The molecule has 1 unspecified atom stereocenters. The number of carbonyl (C=O) groups excluding carboxylic acids is 2. The van der Waals surface area contributed by atoms with Gasteiger partial charge < -0.3 is 21.5 Å². The quantitative estimate of drug-likeness (QED) is 0.411. The smallest absolute Gasteiger partial charge is 0.322 e. The summed E-state index contributed by atoms with van der Waals surface area (Å²) >= 11 is 0. The van der Waals surface area contributed by atoms with Gasteiger partial charge in [-0.3, -0.25) is 14.4 Å². The lowest BCUT2D eigenvalue weighted by Crippen LogP contribution is -2.40. The molecule has 0 aromatic carbocycles.